The summed E-state index contributed by atoms with van der Waals surface area (Å²) in [6.07, 6.45) is 39.2. The molecule has 0 aromatic heterocycles. The van der Waals surface area contributed by atoms with Crippen LogP contribution < -0.4 is 0 Å². The van der Waals surface area contributed by atoms with Gasteiger partial charge in [-0.15, -0.1) is 0 Å². The van der Waals surface area contributed by atoms with Crippen LogP contribution in [0, 0.1) is 0 Å². The minimum Gasteiger partial charge on any atom is -0.477 e. The number of carbonyl (C=O) groups is 3. The molecule has 0 rings (SSSR count). The fourth-order valence-corrected chi connectivity index (χ4v) is 5.98. The number of quaternary nitrogens is 1. The SMILES string of the molecule is CCCCCC/C=C/C=C/CCCCCCCCCCCCC(=O)OC(COCCC(C(=O)O)[N+](C)(C)C)COC(=O)CC/C=C/CCCCCC. The fraction of sp³-hybridized carbons (Fsp3) is 0.795. The van der Waals surface area contributed by atoms with Crippen LogP contribution in [0.4, 0.5) is 0 Å². The Morgan fingerprint density at radius 3 is 1.58 bits per heavy atom. The zero-order valence-corrected chi connectivity index (χ0v) is 34.3. The Bertz CT molecular complexity index is 953. The van der Waals surface area contributed by atoms with Crippen LogP contribution in [0.5, 0.6) is 0 Å². The van der Waals surface area contributed by atoms with Gasteiger partial charge in [-0.3, -0.25) is 9.59 Å². The second-order valence-corrected chi connectivity index (χ2v) is 15.3. The number of carbonyl (C=O) groups excluding carboxylic acids is 2. The normalized spacial score (nSPS) is 13.3. The summed E-state index contributed by atoms with van der Waals surface area (Å²) in [6, 6.07) is -0.617. The summed E-state index contributed by atoms with van der Waals surface area (Å²) in [5, 5.41) is 9.58. The zero-order valence-electron chi connectivity index (χ0n) is 34.3. The molecular weight excluding hydrogens is 654 g/mol. The minimum atomic E-state index is -0.881. The fourth-order valence-electron chi connectivity index (χ4n) is 5.98. The average Bonchev–Trinajstić information content (AvgIpc) is 3.09. The summed E-state index contributed by atoms with van der Waals surface area (Å²) in [5.74, 6) is -1.54. The van der Waals surface area contributed by atoms with Gasteiger partial charge in [0.15, 0.2) is 12.1 Å². The lowest BCUT2D eigenvalue weighted by molar-refractivity contribution is -0.887. The number of allylic oxidation sites excluding steroid dienone is 6. The second kappa shape index (κ2) is 35.6. The molecule has 0 heterocycles. The summed E-state index contributed by atoms with van der Waals surface area (Å²) in [7, 11) is 5.51. The molecule has 8 nitrogen and oxygen atoms in total. The Labute approximate surface area is 319 Å². The minimum absolute atomic E-state index is 0.0491. The maximum Gasteiger partial charge on any atom is 0.362 e. The molecule has 8 heteroatoms. The Balaban J connectivity index is 4.28. The van der Waals surface area contributed by atoms with Gasteiger partial charge in [-0.25, -0.2) is 4.79 Å². The Morgan fingerprint density at radius 2 is 1.06 bits per heavy atom. The van der Waals surface area contributed by atoms with E-state index in [9.17, 15) is 19.5 Å². The van der Waals surface area contributed by atoms with Crippen LogP contribution in [0.1, 0.15) is 174 Å². The van der Waals surface area contributed by atoms with Crippen LogP contribution in [0.3, 0.4) is 0 Å². The molecule has 302 valence electrons. The first-order valence-electron chi connectivity index (χ1n) is 21.0. The molecule has 1 N–H and O–H groups in total. The molecule has 0 aliphatic carbocycles. The van der Waals surface area contributed by atoms with Gasteiger partial charge in [0.05, 0.1) is 34.4 Å². The van der Waals surface area contributed by atoms with E-state index in [0.29, 0.717) is 19.3 Å². The van der Waals surface area contributed by atoms with Gasteiger partial charge in [0.2, 0.25) is 0 Å². The van der Waals surface area contributed by atoms with Crippen molar-refractivity contribution >= 4 is 17.9 Å². The first-order valence-corrected chi connectivity index (χ1v) is 21.0. The van der Waals surface area contributed by atoms with E-state index in [4.69, 9.17) is 14.2 Å². The van der Waals surface area contributed by atoms with Gasteiger partial charge in [-0.2, -0.15) is 0 Å². The third kappa shape index (κ3) is 33.4. The predicted octanol–water partition coefficient (Wildman–Crippen LogP) is 11.1. The van der Waals surface area contributed by atoms with Gasteiger partial charge >= 0.3 is 17.9 Å². The molecule has 0 aromatic rings. The highest BCUT2D eigenvalue weighted by Crippen LogP contribution is 2.14. The molecule has 52 heavy (non-hydrogen) atoms. The molecule has 0 spiro atoms. The first-order chi connectivity index (χ1) is 25.1. The van der Waals surface area contributed by atoms with Crippen molar-refractivity contribution in [2.45, 2.75) is 187 Å². The highest BCUT2D eigenvalue weighted by molar-refractivity contribution is 5.72. The summed E-state index contributed by atoms with van der Waals surface area (Å²) < 4.78 is 17.1. The van der Waals surface area contributed by atoms with E-state index in [1.54, 1.807) is 0 Å². The largest absolute Gasteiger partial charge is 0.477 e. The van der Waals surface area contributed by atoms with E-state index in [1.807, 2.05) is 27.2 Å². The number of nitrogens with zero attached hydrogens (tertiary/aromatic N) is 1. The molecule has 2 atom stereocenters. The van der Waals surface area contributed by atoms with E-state index in [-0.39, 0.29) is 42.7 Å². The number of unbranched alkanes of at least 4 members (excludes halogenated alkanes) is 18. The first kappa shape index (κ1) is 49.6. The van der Waals surface area contributed by atoms with E-state index in [2.05, 4.69) is 44.2 Å². The maximum atomic E-state index is 12.7. The molecule has 0 saturated heterocycles. The average molecular weight is 735 g/mol. The van der Waals surface area contributed by atoms with Crippen LogP contribution in [0.15, 0.2) is 36.5 Å². The van der Waals surface area contributed by atoms with E-state index >= 15 is 0 Å². The molecular formula is C44H80NO7+. The molecule has 0 amide bonds. The number of hydrogen-bond donors (Lipinski definition) is 1. The van der Waals surface area contributed by atoms with E-state index < -0.39 is 18.1 Å². The number of aliphatic carboxylic acids is 1. The third-order valence-corrected chi connectivity index (χ3v) is 9.30. The number of likely N-dealkylation sites (N-methyl/N-ethyl adjacent to an activating group) is 1. The zero-order chi connectivity index (χ0) is 38.5. The quantitative estimate of drug-likeness (QED) is 0.0223. The van der Waals surface area contributed by atoms with Gasteiger partial charge in [0.1, 0.15) is 6.61 Å². The summed E-state index contributed by atoms with van der Waals surface area (Å²) >= 11 is 0. The third-order valence-electron chi connectivity index (χ3n) is 9.30. The molecule has 0 fully saturated rings. The van der Waals surface area contributed by atoms with Crippen molar-refractivity contribution in [3.05, 3.63) is 36.5 Å². The van der Waals surface area contributed by atoms with Crippen LogP contribution in [0.2, 0.25) is 0 Å². The lowest BCUT2D eigenvalue weighted by Gasteiger charge is -2.31. The number of esters is 2. The number of carboxylic acid groups (broad SMARTS) is 1. The predicted molar refractivity (Wildman–Crippen MR) is 215 cm³/mol. The molecule has 0 aromatic carbocycles. The van der Waals surface area contributed by atoms with Crippen LogP contribution in [0.25, 0.3) is 0 Å². The van der Waals surface area contributed by atoms with Crippen molar-refractivity contribution in [3.63, 3.8) is 0 Å². The van der Waals surface area contributed by atoms with Crippen molar-refractivity contribution in [2.24, 2.45) is 0 Å². The Morgan fingerprint density at radius 1 is 0.577 bits per heavy atom. The lowest BCUT2D eigenvalue weighted by atomic mass is 10.1. The number of hydrogen-bond acceptors (Lipinski definition) is 6. The van der Waals surface area contributed by atoms with Crippen molar-refractivity contribution in [3.8, 4) is 0 Å². The van der Waals surface area contributed by atoms with Crippen LogP contribution in [-0.2, 0) is 28.6 Å². The Hall–Kier alpha value is -2.45. The molecule has 2 unspecified atom stereocenters. The summed E-state index contributed by atoms with van der Waals surface area (Å²) in [6.45, 7) is 4.62. The number of rotatable bonds is 37. The highest BCUT2D eigenvalue weighted by Gasteiger charge is 2.31. The lowest BCUT2D eigenvalue weighted by Crippen LogP contribution is -2.50. The standard InChI is InChI=1S/C44H79NO7/c1-6-8-10-12-14-16-17-18-19-20-21-22-23-24-25-26-27-29-31-33-35-43(47)52-40(38-50-37-36-41(44(48)49)45(3,4)5)39-51-42(46)34-32-30-28-15-13-11-9-7-2/h16-19,28,30,40-41H,6-15,20-27,29,31-39H2,1-5H3/p+1/b17-16+,19-18+,30-28+. The van der Waals surface area contributed by atoms with Crippen molar-refractivity contribution < 1.29 is 38.2 Å². The monoisotopic (exact) mass is 735 g/mol. The van der Waals surface area contributed by atoms with Gasteiger partial charge < -0.3 is 23.8 Å². The van der Waals surface area contributed by atoms with E-state index in [0.717, 1.165) is 25.7 Å². The second-order valence-electron chi connectivity index (χ2n) is 15.3. The molecule has 0 bridgehead atoms. The van der Waals surface area contributed by atoms with Crippen molar-refractivity contribution in [1.29, 1.82) is 0 Å². The topological polar surface area (TPSA) is 99.1 Å². The van der Waals surface area contributed by atoms with E-state index in [1.165, 1.54) is 109 Å². The summed E-state index contributed by atoms with van der Waals surface area (Å²) in [5.41, 5.74) is 0. The van der Waals surface area contributed by atoms with Crippen LogP contribution in [-0.4, -0.2) is 80.6 Å². The van der Waals surface area contributed by atoms with Gasteiger partial charge in [0.25, 0.3) is 0 Å². The van der Waals surface area contributed by atoms with Gasteiger partial charge in [-0.05, 0) is 51.4 Å². The van der Waals surface area contributed by atoms with Gasteiger partial charge in [0, 0.05) is 19.3 Å². The number of ether oxygens (including phenoxy) is 3. The summed E-state index contributed by atoms with van der Waals surface area (Å²) in [4.78, 5) is 36.7. The van der Waals surface area contributed by atoms with Gasteiger partial charge in [-0.1, -0.05) is 140 Å². The maximum absolute atomic E-state index is 12.7. The smallest absolute Gasteiger partial charge is 0.362 e. The van der Waals surface area contributed by atoms with Crippen molar-refractivity contribution in [2.75, 3.05) is 41.0 Å². The Kier molecular flexibility index (Phi) is 33.9. The van der Waals surface area contributed by atoms with Crippen molar-refractivity contribution in [1.82, 2.24) is 0 Å². The molecule has 0 aliphatic heterocycles. The number of carboxylic acids is 1. The highest BCUT2D eigenvalue weighted by atomic mass is 16.6. The molecule has 0 saturated carbocycles. The van der Waals surface area contributed by atoms with Crippen LogP contribution >= 0.6 is 0 Å². The molecule has 0 radical (unpaired) electrons. The molecule has 0 aliphatic rings.